The third kappa shape index (κ3) is 1.83. The Morgan fingerprint density at radius 2 is 2.40 bits per heavy atom. The maximum atomic E-state index is 6.32. The van der Waals surface area contributed by atoms with Gasteiger partial charge in [-0.15, -0.1) is 11.3 Å². The number of aromatic nitrogens is 1. The standard InChI is InChI=1S/C12H18N2S/c13-11(7-12-14-3-4-15-12)10-6-8-1-2-9(10)5-8/h3-4,8-11H,1-2,5-7,13H2. The minimum Gasteiger partial charge on any atom is -0.327 e. The molecular weight excluding hydrogens is 204 g/mol. The monoisotopic (exact) mass is 222 g/mol. The lowest BCUT2D eigenvalue weighted by Gasteiger charge is -2.27. The maximum absolute atomic E-state index is 6.32. The van der Waals surface area contributed by atoms with E-state index in [2.05, 4.69) is 4.98 Å². The Labute approximate surface area is 94.9 Å². The highest BCUT2D eigenvalue weighted by atomic mass is 32.1. The van der Waals surface area contributed by atoms with Crippen LogP contribution in [0.15, 0.2) is 11.6 Å². The molecule has 2 aliphatic carbocycles. The lowest BCUT2D eigenvalue weighted by atomic mass is 9.82. The molecule has 1 heterocycles. The van der Waals surface area contributed by atoms with Gasteiger partial charge >= 0.3 is 0 Å². The molecule has 4 atom stereocenters. The highest BCUT2D eigenvalue weighted by molar-refractivity contribution is 7.09. The van der Waals surface area contributed by atoms with Gasteiger partial charge in [-0.3, -0.25) is 0 Å². The summed E-state index contributed by atoms with van der Waals surface area (Å²) in [5.74, 6) is 2.72. The lowest BCUT2D eigenvalue weighted by Crippen LogP contribution is -2.35. The van der Waals surface area contributed by atoms with Crippen molar-refractivity contribution in [1.29, 1.82) is 0 Å². The SMILES string of the molecule is NC(Cc1nccs1)C1CC2CCC1C2. The van der Waals surface area contributed by atoms with Gasteiger partial charge in [-0.1, -0.05) is 6.42 Å². The smallest absolute Gasteiger partial charge is 0.0940 e. The van der Waals surface area contributed by atoms with E-state index in [0.29, 0.717) is 6.04 Å². The van der Waals surface area contributed by atoms with Crippen molar-refractivity contribution in [2.45, 2.75) is 38.1 Å². The molecule has 0 saturated heterocycles. The van der Waals surface area contributed by atoms with Gasteiger partial charge in [0.05, 0.1) is 5.01 Å². The Morgan fingerprint density at radius 1 is 1.47 bits per heavy atom. The van der Waals surface area contributed by atoms with Crippen LogP contribution in [0.3, 0.4) is 0 Å². The molecule has 0 aromatic carbocycles. The Morgan fingerprint density at radius 3 is 3.00 bits per heavy atom. The molecule has 2 aliphatic rings. The second-order valence-electron chi connectivity index (χ2n) is 5.13. The van der Waals surface area contributed by atoms with Crippen LogP contribution in [0, 0.1) is 17.8 Å². The first-order valence-corrected chi connectivity index (χ1v) is 6.85. The summed E-state index contributed by atoms with van der Waals surface area (Å²) in [5, 5.41) is 3.26. The zero-order chi connectivity index (χ0) is 10.3. The minimum absolute atomic E-state index is 0.353. The van der Waals surface area contributed by atoms with E-state index >= 15 is 0 Å². The molecule has 2 N–H and O–H groups in total. The molecule has 0 amide bonds. The van der Waals surface area contributed by atoms with Crippen LogP contribution in [-0.2, 0) is 6.42 Å². The van der Waals surface area contributed by atoms with Crippen molar-refractivity contribution in [3.63, 3.8) is 0 Å². The highest BCUT2D eigenvalue weighted by Crippen LogP contribution is 2.49. The molecule has 15 heavy (non-hydrogen) atoms. The molecule has 1 aromatic rings. The fourth-order valence-corrected chi connectivity index (χ4v) is 4.21. The fourth-order valence-electron chi connectivity index (χ4n) is 3.53. The topological polar surface area (TPSA) is 38.9 Å². The number of hydrogen-bond acceptors (Lipinski definition) is 3. The predicted molar refractivity (Wildman–Crippen MR) is 62.7 cm³/mol. The van der Waals surface area contributed by atoms with Crippen LogP contribution >= 0.6 is 11.3 Å². The largest absolute Gasteiger partial charge is 0.327 e. The molecule has 2 saturated carbocycles. The summed E-state index contributed by atoms with van der Waals surface area (Å²) in [6.07, 6.45) is 8.61. The van der Waals surface area contributed by atoms with Gasteiger partial charge in [-0.05, 0) is 37.0 Å². The van der Waals surface area contributed by atoms with Crippen molar-refractivity contribution in [1.82, 2.24) is 4.98 Å². The van der Waals surface area contributed by atoms with E-state index < -0.39 is 0 Å². The van der Waals surface area contributed by atoms with Gasteiger partial charge in [0.1, 0.15) is 0 Å². The van der Waals surface area contributed by atoms with Gasteiger partial charge in [0.2, 0.25) is 0 Å². The molecular formula is C12H18N2S. The third-order valence-corrected chi connectivity index (χ3v) is 5.04. The summed E-state index contributed by atoms with van der Waals surface area (Å²) in [7, 11) is 0. The van der Waals surface area contributed by atoms with Gasteiger partial charge in [0.15, 0.2) is 0 Å². The van der Waals surface area contributed by atoms with Crippen LogP contribution in [0.25, 0.3) is 0 Å². The highest BCUT2D eigenvalue weighted by Gasteiger charge is 2.41. The van der Waals surface area contributed by atoms with Crippen LogP contribution in [-0.4, -0.2) is 11.0 Å². The van der Waals surface area contributed by atoms with Crippen molar-refractivity contribution in [3.8, 4) is 0 Å². The van der Waals surface area contributed by atoms with E-state index in [4.69, 9.17) is 5.73 Å². The van der Waals surface area contributed by atoms with Crippen LogP contribution in [0.4, 0.5) is 0 Å². The van der Waals surface area contributed by atoms with Crippen molar-refractivity contribution < 1.29 is 0 Å². The van der Waals surface area contributed by atoms with E-state index in [-0.39, 0.29) is 0 Å². The Kier molecular flexibility index (Phi) is 2.53. The predicted octanol–water partition coefficient (Wildman–Crippen LogP) is 2.45. The summed E-state index contributed by atoms with van der Waals surface area (Å²) >= 11 is 1.74. The van der Waals surface area contributed by atoms with Crippen molar-refractivity contribution in [2.24, 2.45) is 23.5 Å². The van der Waals surface area contributed by atoms with Crippen molar-refractivity contribution in [3.05, 3.63) is 16.6 Å². The van der Waals surface area contributed by atoms with Gasteiger partial charge in [-0.2, -0.15) is 0 Å². The summed E-state index contributed by atoms with van der Waals surface area (Å²) in [6.45, 7) is 0. The maximum Gasteiger partial charge on any atom is 0.0940 e. The quantitative estimate of drug-likeness (QED) is 0.853. The number of nitrogens with zero attached hydrogens (tertiary/aromatic N) is 1. The Bertz CT molecular complexity index is 322. The second kappa shape index (κ2) is 3.87. The first-order valence-electron chi connectivity index (χ1n) is 5.97. The number of rotatable bonds is 3. The van der Waals surface area contributed by atoms with E-state index in [0.717, 1.165) is 24.2 Å². The average molecular weight is 222 g/mol. The van der Waals surface area contributed by atoms with Gasteiger partial charge < -0.3 is 5.73 Å². The number of nitrogens with two attached hydrogens (primary N) is 1. The summed E-state index contributed by atoms with van der Waals surface area (Å²) in [4.78, 5) is 4.33. The molecule has 0 spiro atoms. The van der Waals surface area contributed by atoms with Crippen LogP contribution in [0.5, 0.6) is 0 Å². The van der Waals surface area contributed by atoms with Crippen LogP contribution < -0.4 is 5.73 Å². The summed E-state index contributed by atoms with van der Waals surface area (Å²) < 4.78 is 0. The Balaban J connectivity index is 1.63. The van der Waals surface area contributed by atoms with Gasteiger partial charge in [0.25, 0.3) is 0 Å². The van der Waals surface area contributed by atoms with Crippen molar-refractivity contribution in [2.75, 3.05) is 0 Å². The van der Waals surface area contributed by atoms with E-state index in [1.807, 2.05) is 11.6 Å². The molecule has 3 rings (SSSR count). The molecule has 0 radical (unpaired) electrons. The molecule has 2 bridgehead atoms. The molecule has 4 unspecified atom stereocenters. The van der Waals surface area contributed by atoms with E-state index in [1.165, 1.54) is 30.7 Å². The van der Waals surface area contributed by atoms with Gasteiger partial charge in [-0.25, -0.2) is 4.98 Å². The van der Waals surface area contributed by atoms with Crippen LogP contribution in [0.2, 0.25) is 0 Å². The first-order chi connectivity index (χ1) is 7.33. The van der Waals surface area contributed by atoms with Crippen LogP contribution in [0.1, 0.15) is 30.7 Å². The zero-order valence-electron chi connectivity index (χ0n) is 8.93. The summed E-state index contributed by atoms with van der Waals surface area (Å²) in [6, 6.07) is 0.353. The lowest BCUT2D eigenvalue weighted by molar-refractivity contribution is 0.280. The number of thiazole rings is 1. The van der Waals surface area contributed by atoms with Gasteiger partial charge in [0, 0.05) is 24.0 Å². The average Bonchev–Trinajstić information content (AvgIpc) is 2.93. The zero-order valence-corrected chi connectivity index (χ0v) is 9.75. The third-order valence-electron chi connectivity index (χ3n) is 4.24. The molecule has 2 nitrogen and oxygen atoms in total. The molecule has 2 fully saturated rings. The molecule has 1 aromatic heterocycles. The van der Waals surface area contributed by atoms with E-state index in [9.17, 15) is 0 Å². The molecule has 3 heteroatoms. The number of fused-ring (bicyclic) bond motifs is 2. The minimum atomic E-state index is 0.353. The summed E-state index contributed by atoms with van der Waals surface area (Å²) in [5.41, 5.74) is 6.32. The number of hydrogen-bond donors (Lipinski definition) is 1. The van der Waals surface area contributed by atoms with Crippen molar-refractivity contribution >= 4 is 11.3 Å². The normalized spacial score (nSPS) is 35.9. The second-order valence-corrected chi connectivity index (χ2v) is 6.11. The first kappa shape index (κ1) is 9.79. The fraction of sp³-hybridized carbons (Fsp3) is 0.750. The van der Waals surface area contributed by atoms with E-state index in [1.54, 1.807) is 11.3 Å². The molecule has 82 valence electrons. The molecule has 0 aliphatic heterocycles. The Hall–Kier alpha value is -0.410.